The Bertz CT molecular complexity index is 578. The summed E-state index contributed by atoms with van der Waals surface area (Å²) in [5.74, 6) is 1.59. The third kappa shape index (κ3) is 3.15. The molecule has 4 nitrogen and oxygen atoms in total. The van der Waals surface area contributed by atoms with Crippen molar-refractivity contribution in [2.75, 3.05) is 12.8 Å². The highest BCUT2D eigenvalue weighted by Gasteiger charge is 2.14. The summed E-state index contributed by atoms with van der Waals surface area (Å²) in [5.41, 5.74) is 8.27. The normalized spacial score (nSPS) is 12.4. The number of nitrogen functional groups attached to an aromatic ring is 1. The van der Waals surface area contributed by atoms with Crippen molar-refractivity contribution in [3.63, 3.8) is 0 Å². The van der Waals surface area contributed by atoms with Gasteiger partial charge in [-0.3, -0.25) is 0 Å². The minimum atomic E-state index is 0.266. The fourth-order valence-corrected chi connectivity index (χ4v) is 2.43. The van der Waals surface area contributed by atoms with Crippen LogP contribution in [-0.4, -0.2) is 16.9 Å². The van der Waals surface area contributed by atoms with Crippen molar-refractivity contribution < 1.29 is 4.74 Å². The van der Waals surface area contributed by atoms with E-state index in [9.17, 15) is 0 Å². The van der Waals surface area contributed by atoms with Gasteiger partial charge in [-0.15, -0.1) is 0 Å². The molecule has 0 aliphatic rings. The summed E-state index contributed by atoms with van der Waals surface area (Å²) in [5, 5.41) is 4.47. The van der Waals surface area contributed by atoms with Gasteiger partial charge < -0.3 is 10.5 Å². The van der Waals surface area contributed by atoms with Gasteiger partial charge in [-0.2, -0.15) is 5.10 Å². The zero-order chi connectivity index (χ0) is 14.7. The number of halogens is 1. The second-order valence-electron chi connectivity index (χ2n) is 4.96. The molecule has 0 fully saturated rings. The van der Waals surface area contributed by atoms with Gasteiger partial charge in [0.1, 0.15) is 11.6 Å². The molecule has 1 heterocycles. The summed E-state index contributed by atoms with van der Waals surface area (Å²) in [7, 11) is 1.68. The van der Waals surface area contributed by atoms with Gasteiger partial charge >= 0.3 is 0 Å². The van der Waals surface area contributed by atoms with Gasteiger partial charge in [-0.05, 0) is 60.3 Å². The Morgan fingerprint density at radius 2 is 2.00 bits per heavy atom. The summed E-state index contributed by atoms with van der Waals surface area (Å²) in [4.78, 5) is 0. The van der Waals surface area contributed by atoms with Crippen molar-refractivity contribution in [2.24, 2.45) is 0 Å². The highest BCUT2D eigenvalue weighted by Crippen LogP contribution is 2.27. The summed E-state index contributed by atoms with van der Waals surface area (Å²) in [6, 6.07) is 8.44. The van der Waals surface area contributed by atoms with Crippen molar-refractivity contribution >= 4 is 21.7 Å². The molecule has 0 spiro atoms. The van der Waals surface area contributed by atoms with Gasteiger partial charge in [0.2, 0.25) is 0 Å². The molecule has 5 heteroatoms. The number of benzene rings is 1. The van der Waals surface area contributed by atoms with E-state index in [1.807, 2.05) is 23.7 Å². The summed E-state index contributed by atoms with van der Waals surface area (Å²) in [6.45, 7) is 4.09. The van der Waals surface area contributed by atoms with Crippen LogP contribution in [0.15, 0.2) is 28.7 Å². The van der Waals surface area contributed by atoms with Crippen LogP contribution in [-0.2, 0) is 6.42 Å². The standard InChI is InChI=1S/C15H20BrN3O/c1-10(19-15(17)14(16)11(2)18-19)4-5-12-6-8-13(20-3)9-7-12/h6-10H,4-5,17H2,1-3H3. The second kappa shape index (κ2) is 6.31. The van der Waals surface area contributed by atoms with Gasteiger partial charge in [0.05, 0.1) is 23.3 Å². The lowest BCUT2D eigenvalue weighted by Crippen LogP contribution is -2.11. The summed E-state index contributed by atoms with van der Waals surface area (Å²) < 4.78 is 7.95. The number of methoxy groups -OCH3 is 1. The van der Waals surface area contributed by atoms with Crippen LogP contribution in [0.5, 0.6) is 5.75 Å². The van der Waals surface area contributed by atoms with E-state index in [0.29, 0.717) is 5.82 Å². The lowest BCUT2D eigenvalue weighted by molar-refractivity contribution is 0.414. The Kier molecular flexibility index (Phi) is 4.70. The van der Waals surface area contributed by atoms with E-state index in [1.165, 1.54) is 5.56 Å². The van der Waals surface area contributed by atoms with Gasteiger partial charge in [0, 0.05) is 0 Å². The predicted octanol–water partition coefficient (Wildman–Crippen LogP) is 3.74. The number of anilines is 1. The van der Waals surface area contributed by atoms with Gasteiger partial charge in [-0.1, -0.05) is 12.1 Å². The molecular weight excluding hydrogens is 318 g/mol. The monoisotopic (exact) mass is 337 g/mol. The maximum absolute atomic E-state index is 6.05. The van der Waals surface area contributed by atoms with E-state index in [-0.39, 0.29) is 6.04 Å². The molecule has 2 aromatic rings. The minimum absolute atomic E-state index is 0.266. The first-order valence-corrected chi connectivity index (χ1v) is 7.45. The molecule has 2 rings (SSSR count). The van der Waals surface area contributed by atoms with Crippen LogP contribution in [0, 0.1) is 6.92 Å². The maximum atomic E-state index is 6.05. The molecule has 2 N–H and O–H groups in total. The average molecular weight is 338 g/mol. The zero-order valence-corrected chi connectivity index (χ0v) is 13.6. The molecule has 1 unspecified atom stereocenters. The quantitative estimate of drug-likeness (QED) is 0.904. The first-order valence-electron chi connectivity index (χ1n) is 6.66. The number of nitrogens with zero attached hydrogens (tertiary/aromatic N) is 2. The van der Waals surface area contributed by atoms with Crippen LogP contribution in [0.1, 0.15) is 30.6 Å². The third-order valence-electron chi connectivity index (χ3n) is 3.47. The molecule has 0 aliphatic carbocycles. The molecule has 1 atom stereocenters. The molecule has 20 heavy (non-hydrogen) atoms. The Balaban J connectivity index is 2.00. The highest BCUT2D eigenvalue weighted by molar-refractivity contribution is 9.10. The lowest BCUT2D eigenvalue weighted by Gasteiger charge is -2.14. The van der Waals surface area contributed by atoms with E-state index >= 15 is 0 Å². The minimum Gasteiger partial charge on any atom is -0.497 e. The lowest BCUT2D eigenvalue weighted by atomic mass is 10.1. The molecule has 0 radical (unpaired) electrons. The van der Waals surface area contributed by atoms with Crippen LogP contribution < -0.4 is 10.5 Å². The first-order chi connectivity index (χ1) is 9.52. The smallest absolute Gasteiger partial charge is 0.136 e. The van der Waals surface area contributed by atoms with Crippen molar-refractivity contribution in [1.82, 2.24) is 9.78 Å². The largest absolute Gasteiger partial charge is 0.497 e. The Morgan fingerprint density at radius 1 is 1.35 bits per heavy atom. The Hall–Kier alpha value is -1.49. The van der Waals surface area contributed by atoms with Crippen LogP contribution in [0.2, 0.25) is 0 Å². The number of aromatic nitrogens is 2. The number of ether oxygens (including phenoxy) is 1. The number of aryl methyl sites for hydroxylation is 2. The summed E-state index contributed by atoms with van der Waals surface area (Å²) in [6.07, 6.45) is 1.98. The van der Waals surface area contributed by atoms with Crippen molar-refractivity contribution in [2.45, 2.75) is 32.7 Å². The highest BCUT2D eigenvalue weighted by atomic mass is 79.9. The number of hydrogen-bond acceptors (Lipinski definition) is 3. The SMILES string of the molecule is COc1ccc(CCC(C)n2nc(C)c(Br)c2N)cc1. The molecule has 1 aromatic heterocycles. The second-order valence-corrected chi connectivity index (χ2v) is 5.76. The number of rotatable bonds is 5. The Labute approximate surface area is 128 Å². The average Bonchev–Trinajstić information content (AvgIpc) is 2.73. The zero-order valence-electron chi connectivity index (χ0n) is 12.1. The van der Waals surface area contributed by atoms with E-state index in [2.05, 4.69) is 40.1 Å². The van der Waals surface area contributed by atoms with Crippen molar-refractivity contribution in [3.05, 3.63) is 40.0 Å². The number of nitrogens with two attached hydrogens (primary N) is 1. The predicted molar refractivity (Wildman–Crippen MR) is 85.1 cm³/mol. The molecule has 0 amide bonds. The van der Waals surface area contributed by atoms with E-state index in [1.54, 1.807) is 7.11 Å². The van der Waals surface area contributed by atoms with Crippen LogP contribution >= 0.6 is 15.9 Å². The molecule has 0 saturated heterocycles. The topological polar surface area (TPSA) is 53.1 Å². The number of hydrogen-bond donors (Lipinski definition) is 1. The fraction of sp³-hybridized carbons (Fsp3) is 0.400. The van der Waals surface area contributed by atoms with Crippen LogP contribution in [0.3, 0.4) is 0 Å². The molecule has 108 valence electrons. The van der Waals surface area contributed by atoms with Gasteiger partial charge in [0.25, 0.3) is 0 Å². The van der Waals surface area contributed by atoms with E-state index < -0.39 is 0 Å². The molecule has 0 bridgehead atoms. The maximum Gasteiger partial charge on any atom is 0.136 e. The molecule has 0 aliphatic heterocycles. The van der Waals surface area contributed by atoms with Gasteiger partial charge in [0.15, 0.2) is 0 Å². The van der Waals surface area contributed by atoms with E-state index in [4.69, 9.17) is 10.5 Å². The Morgan fingerprint density at radius 3 is 2.50 bits per heavy atom. The van der Waals surface area contributed by atoms with Gasteiger partial charge in [-0.25, -0.2) is 4.68 Å². The van der Waals surface area contributed by atoms with E-state index in [0.717, 1.165) is 28.8 Å². The van der Waals surface area contributed by atoms with Crippen molar-refractivity contribution in [1.29, 1.82) is 0 Å². The fourth-order valence-electron chi connectivity index (χ4n) is 2.17. The first kappa shape index (κ1) is 14.9. The van der Waals surface area contributed by atoms with Crippen LogP contribution in [0.4, 0.5) is 5.82 Å². The van der Waals surface area contributed by atoms with Crippen LogP contribution in [0.25, 0.3) is 0 Å². The van der Waals surface area contributed by atoms with Crippen molar-refractivity contribution in [3.8, 4) is 5.75 Å². The molecular formula is C15H20BrN3O. The molecule has 0 saturated carbocycles. The third-order valence-corrected chi connectivity index (χ3v) is 4.45. The summed E-state index contributed by atoms with van der Waals surface area (Å²) >= 11 is 3.46. The molecule has 1 aromatic carbocycles.